The first kappa shape index (κ1) is 18.8. The summed E-state index contributed by atoms with van der Waals surface area (Å²) in [5.74, 6) is 0. The molecule has 0 aliphatic carbocycles. The lowest BCUT2D eigenvalue weighted by atomic mass is 10.0. The fourth-order valence-corrected chi connectivity index (χ4v) is 3.55. The normalized spacial score (nSPS) is 10.7. The fraction of sp³-hybridized carbons (Fsp3) is 0.0909. The largest absolute Gasteiger partial charge is 0.453 e. The predicted molar refractivity (Wildman–Crippen MR) is 117 cm³/mol. The summed E-state index contributed by atoms with van der Waals surface area (Å²) in [6.45, 7) is 1.88. The molecule has 0 unspecified atom stereocenters. The van der Waals surface area contributed by atoms with E-state index < -0.39 is 6.09 Å². The van der Waals surface area contributed by atoms with E-state index in [9.17, 15) is 4.79 Å². The Hall–Kier alpha value is -3.51. The number of aryl methyl sites for hydroxylation is 1. The summed E-state index contributed by atoms with van der Waals surface area (Å²) in [6, 6.07) is 17.5. The average Bonchev–Trinajstić information content (AvgIpc) is 3.15. The van der Waals surface area contributed by atoms with Crippen LogP contribution in [0.2, 0.25) is 5.15 Å². The van der Waals surface area contributed by atoms with Crippen molar-refractivity contribution >= 4 is 45.7 Å². The SMILES string of the molecule is COC(=O)Nc1cc(Nc2cc(C)nc(Cl)c2)cc(-c2cccc3[nH]ccc23)c1. The van der Waals surface area contributed by atoms with E-state index in [0.717, 1.165) is 39.1 Å². The van der Waals surface area contributed by atoms with E-state index in [4.69, 9.17) is 16.3 Å². The van der Waals surface area contributed by atoms with Gasteiger partial charge in [-0.05, 0) is 60.5 Å². The van der Waals surface area contributed by atoms with Crippen LogP contribution in [0.4, 0.5) is 21.9 Å². The number of H-pyrrole nitrogens is 1. The highest BCUT2D eigenvalue weighted by Gasteiger charge is 2.10. The van der Waals surface area contributed by atoms with Gasteiger partial charge in [0, 0.05) is 39.9 Å². The Bertz CT molecular complexity index is 1180. The van der Waals surface area contributed by atoms with Gasteiger partial charge in [0.1, 0.15) is 5.15 Å². The van der Waals surface area contributed by atoms with E-state index >= 15 is 0 Å². The quantitative estimate of drug-likeness (QED) is 0.357. The van der Waals surface area contributed by atoms with Crippen molar-refractivity contribution < 1.29 is 9.53 Å². The number of halogens is 1. The Morgan fingerprint density at radius 1 is 1.07 bits per heavy atom. The zero-order valence-corrected chi connectivity index (χ0v) is 16.7. The van der Waals surface area contributed by atoms with Gasteiger partial charge in [-0.15, -0.1) is 0 Å². The molecule has 2 heterocycles. The number of anilines is 3. The number of pyridine rings is 1. The number of aromatic nitrogens is 2. The van der Waals surface area contributed by atoms with Gasteiger partial charge in [0.15, 0.2) is 0 Å². The Morgan fingerprint density at radius 2 is 1.86 bits per heavy atom. The lowest BCUT2D eigenvalue weighted by molar-refractivity contribution is 0.187. The highest BCUT2D eigenvalue weighted by atomic mass is 35.5. The molecule has 29 heavy (non-hydrogen) atoms. The molecular formula is C22H19ClN4O2. The third-order valence-corrected chi connectivity index (χ3v) is 4.68. The predicted octanol–water partition coefficient (Wildman–Crippen LogP) is 6.11. The molecule has 0 saturated carbocycles. The van der Waals surface area contributed by atoms with Gasteiger partial charge in [-0.25, -0.2) is 9.78 Å². The van der Waals surface area contributed by atoms with Gasteiger partial charge < -0.3 is 15.0 Å². The Labute approximate surface area is 172 Å². The first-order valence-electron chi connectivity index (χ1n) is 8.99. The van der Waals surface area contributed by atoms with Gasteiger partial charge in [-0.3, -0.25) is 5.32 Å². The van der Waals surface area contributed by atoms with Gasteiger partial charge in [0.2, 0.25) is 0 Å². The molecule has 0 aliphatic rings. The number of aromatic amines is 1. The van der Waals surface area contributed by atoms with Crippen LogP contribution in [0.15, 0.2) is 60.8 Å². The second kappa shape index (κ2) is 7.85. The van der Waals surface area contributed by atoms with Gasteiger partial charge in [-0.2, -0.15) is 0 Å². The van der Waals surface area contributed by atoms with Crippen molar-refractivity contribution in [3.8, 4) is 11.1 Å². The number of nitrogens with zero attached hydrogens (tertiary/aromatic N) is 1. The highest BCUT2D eigenvalue weighted by molar-refractivity contribution is 6.29. The van der Waals surface area contributed by atoms with E-state index in [1.54, 1.807) is 6.07 Å². The van der Waals surface area contributed by atoms with Gasteiger partial charge in [0.25, 0.3) is 0 Å². The van der Waals surface area contributed by atoms with Crippen LogP contribution < -0.4 is 10.6 Å². The minimum atomic E-state index is -0.532. The minimum absolute atomic E-state index is 0.411. The molecule has 0 aliphatic heterocycles. The number of carbonyl (C=O) groups excluding carboxylic acids is 1. The second-order valence-corrected chi connectivity index (χ2v) is 6.99. The summed E-state index contributed by atoms with van der Waals surface area (Å²) < 4.78 is 4.75. The van der Waals surface area contributed by atoms with Crippen molar-refractivity contribution in [3.05, 3.63) is 71.6 Å². The molecule has 0 bridgehead atoms. The molecule has 0 saturated heterocycles. The second-order valence-electron chi connectivity index (χ2n) is 6.61. The Morgan fingerprint density at radius 3 is 2.66 bits per heavy atom. The first-order valence-corrected chi connectivity index (χ1v) is 9.37. The van der Waals surface area contributed by atoms with Crippen LogP contribution in [0.5, 0.6) is 0 Å². The monoisotopic (exact) mass is 406 g/mol. The molecule has 2 aromatic carbocycles. The van der Waals surface area contributed by atoms with Gasteiger partial charge in [0.05, 0.1) is 7.11 Å². The average molecular weight is 407 g/mol. The summed E-state index contributed by atoms with van der Waals surface area (Å²) in [5, 5.41) is 7.59. The summed E-state index contributed by atoms with van der Waals surface area (Å²) in [7, 11) is 1.33. The van der Waals surface area contributed by atoms with Crippen LogP contribution >= 0.6 is 11.6 Å². The molecule has 0 radical (unpaired) electrons. The number of methoxy groups -OCH3 is 1. The van der Waals surface area contributed by atoms with E-state index in [0.29, 0.717) is 10.8 Å². The number of fused-ring (bicyclic) bond motifs is 1. The fourth-order valence-electron chi connectivity index (χ4n) is 3.30. The van der Waals surface area contributed by atoms with E-state index in [2.05, 4.69) is 20.6 Å². The molecule has 1 amide bonds. The van der Waals surface area contributed by atoms with Crippen molar-refractivity contribution in [1.29, 1.82) is 0 Å². The molecule has 0 fully saturated rings. The first-order chi connectivity index (χ1) is 14.0. The van der Waals surface area contributed by atoms with Gasteiger partial charge in [-0.1, -0.05) is 23.7 Å². The maximum absolute atomic E-state index is 11.8. The number of nitrogens with one attached hydrogen (secondary N) is 3. The van der Waals surface area contributed by atoms with Crippen molar-refractivity contribution in [2.24, 2.45) is 0 Å². The van der Waals surface area contributed by atoms with E-state index in [1.807, 2.05) is 61.7 Å². The van der Waals surface area contributed by atoms with Gasteiger partial charge >= 0.3 is 6.09 Å². The van der Waals surface area contributed by atoms with Crippen LogP contribution in [0.3, 0.4) is 0 Å². The van der Waals surface area contributed by atoms with Crippen LogP contribution in [0.1, 0.15) is 5.69 Å². The molecule has 6 nitrogen and oxygen atoms in total. The standard InChI is InChI=1S/C22H19ClN4O2/c1-13-8-15(12-21(23)25-13)26-16-9-14(10-17(11-16)27-22(28)29-2)18-4-3-5-20-19(18)6-7-24-20/h3-12,24H,1-2H3,(H,25,26)(H,27,28). The Balaban J connectivity index is 1.80. The topological polar surface area (TPSA) is 79.0 Å². The molecule has 3 N–H and O–H groups in total. The zero-order valence-electron chi connectivity index (χ0n) is 15.9. The minimum Gasteiger partial charge on any atom is -0.453 e. The number of benzene rings is 2. The number of rotatable bonds is 4. The Kier molecular flexibility index (Phi) is 5.10. The van der Waals surface area contributed by atoms with Crippen molar-refractivity contribution in [3.63, 3.8) is 0 Å². The van der Waals surface area contributed by atoms with Crippen LogP contribution in [0, 0.1) is 6.92 Å². The van der Waals surface area contributed by atoms with E-state index in [-0.39, 0.29) is 0 Å². The number of amides is 1. The molecule has 7 heteroatoms. The molecule has 146 valence electrons. The molecular weight excluding hydrogens is 388 g/mol. The lowest BCUT2D eigenvalue weighted by Gasteiger charge is -2.14. The molecule has 4 aromatic rings. The number of hydrogen-bond donors (Lipinski definition) is 3. The third kappa shape index (κ3) is 4.17. The maximum Gasteiger partial charge on any atom is 0.411 e. The summed E-state index contributed by atoms with van der Waals surface area (Å²) in [5.41, 5.74) is 6.06. The van der Waals surface area contributed by atoms with E-state index in [1.165, 1.54) is 7.11 Å². The lowest BCUT2D eigenvalue weighted by Crippen LogP contribution is -2.11. The summed E-state index contributed by atoms with van der Waals surface area (Å²) >= 11 is 6.09. The molecule has 0 spiro atoms. The zero-order chi connectivity index (χ0) is 20.4. The number of carbonyl (C=O) groups is 1. The third-order valence-electron chi connectivity index (χ3n) is 4.48. The molecule has 4 rings (SSSR count). The summed E-state index contributed by atoms with van der Waals surface area (Å²) in [6.07, 6.45) is 1.38. The van der Waals surface area contributed by atoms with Crippen molar-refractivity contribution in [1.82, 2.24) is 9.97 Å². The summed E-state index contributed by atoms with van der Waals surface area (Å²) in [4.78, 5) is 19.2. The van der Waals surface area contributed by atoms with Crippen LogP contribution in [-0.4, -0.2) is 23.2 Å². The highest BCUT2D eigenvalue weighted by Crippen LogP contribution is 2.33. The number of hydrogen-bond acceptors (Lipinski definition) is 4. The van der Waals surface area contributed by atoms with Crippen LogP contribution in [0.25, 0.3) is 22.0 Å². The molecule has 0 atom stereocenters. The maximum atomic E-state index is 11.8. The van der Waals surface area contributed by atoms with Crippen LogP contribution in [-0.2, 0) is 4.74 Å². The smallest absolute Gasteiger partial charge is 0.411 e. The number of ether oxygens (including phenoxy) is 1. The van der Waals surface area contributed by atoms with Crippen molar-refractivity contribution in [2.75, 3.05) is 17.7 Å². The molecule has 2 aromatic heterocycles. The van der Waals surface area contributed by atoms with Crippen molar-refractivity contribution in [2.45, 2.75) is 6.92 Å².